The van der Waals surface area contributed by atoms with Crippen LogP contribution < -0.4 is 5.32 Å². The molecule has 3 nitrogen and oxygen atoms in total. The van der Waals surface area contributed by atoms with Crippen molar-refractivity contribution in [2.24, 2.45) is 0 Å². The Morgan fingerprint density at radius 1 is 1.41 bits per heavy atom. The molecule has 0 amide bonds. The number of rotatable bonds is 3. The maximum absolute atomic E-state index is 4.75. The molecule has 2 N–H and O–H groups in total. The normalized spacial score (nSPS) is 17.9. The molecule has 0 atom stereocenters. The van der Waals surface area contributed by atoms with Crippen LogP contribution >= 0.6 is 11.3 Å². The van der Waals surface area contributed by atoms with Gasteiger partial charge in [-0.05, 0) is 37.1 Å². The van der Waals surface area contributed by atoms with Gasteiger partial charge >= 0.3 is 0 Å². The van der Waals surface area contributed by atoms with Crippen LogP contribution in [-0.2, 0) is 19.4 Å². The Morgan fingerprint density at radius 2 is 2.35 bits per heavy atom. The first-order valence-electron chi connectivity index (χ1n) is 6.28. The van der Waals surface area contributed by atoms with Gasteiger partial charge in [0.1, 0.15) is 5.82 Å². The van der Waals surface area contributed by atoms with Crippen LogP contribution in [0.4, 0.5) is 0 Å². The molecule has 0 spiro atoms. The zero-order valence-electron chi connectivity index (χ0n) is 9.62. The van der Waals surface area contributed by atoms with E-state index in [1.54, 1.807) is 0 Å². The number of nitrogens with zero attached hydrogens (tertiary/aromatic N) is 1. The van der Waals surface area contributed by atoms with Gasteiger partial charge in [-0.2, -0.15) is 0 Å². The summed E-state index contributed by atoms with van der Waals surface area (Å²) in [5, 5.41) is 5.69. The molecule has 2 aliphatic rings. The van der Waals surface area contributed by atoms with E-state index in [0.717, 1.165) is 31.3 Å². The lowest BCUT2D eigenvalue weighted by Gasteiger charge is -2.09. The standard InChI is InChI=1S/C13H15N3S/c1-2-8(1)14-7-12-15-10-3-4-11-9(5-6-17-11)13(10)16-12/h5-6,8,14H,1-4,7H2,(H,15,16). The zero-order valence-corrected chi connectivity index (χ0v) is 10.4. The molecule has 0 aliphatic heterocycles. The number of imidazole rings is 1. The second-order valence-corrected chi connectivity index (χ2v) is 5.92. The Kier molecular flexibility index (Phi) is 2.13. The van der Waals surface area contributed by atoms with E-state index >= 15 is 0 Å². The minimum atomic E-state index is 0.744. The lowest BCUT2D eigenvalue weighted by Crippen LogP contribution is -2.16. The van der Waals surface area contributed by atoms with Gasteiger partial charge in [-0.3, -0.25) is 0 Å². The van der Waals surface area contributed by atoms with Crippen molar-refractivity contribution in [2.45, 2.75) is 38.3 Å². The third-order valence-corrected chi connectivity index (χ3v) is 4.55. The maximum atomic E-state index is 4.75. The molecule has 2 heterocycles. The van der Waals surface area contributed by atoms with Crippen molar-refractivity contribution in [2.75, 3.05) is 0 Å². The van der Waals surface area contributed by atoms with E-state index in [4.69, 9.17) is 4.98 Å². The number of nitrogens with one attached hydrogen (secondary N) is 2. The van der Waals surface area contributed by atoms with Crippen LogP contribution in [0.1, 0.15) is 29.2 Å². The molecule has 0 radical (unpaired) electrons. The van der Waals surface area contributed by atoms with E-state index in [2.05, 4.69) is 21.7 Å². The highest BCUT2D eigenvalue weighted by Gasteiger charge is 2.23. The van der Waals surface area contributed by atoms with Crippen molar-refractivity contribution >= 4 is 11.3 Å². The van der Waals surface area contributed by atoms with Gasteiger partial charge in [-0.1, -0.05) is 0 Å². The van der Waals surface area contributed by atoms with Crippen molar-refractivity contribution in [1.82, 2.24) is 15.3 Å². The summed E-state index contributed by atoms with van der Waals surface area (Å²) in [5.74, 6) is 1.10. The van der Waals surface area contributed by atoms with E-state index in [0.29, 0.717) is 0 Å². The smallest absolute Gasteiger partial charge is 0.121 e. The molecule has 0 unspecified atom stereocenters. The summed E-state index contributed by atoms with van der Waals surface area (Å²) >= 11 is 1.86. The highest BCUT2D eigenvalue weighted by molar-refractivity contribution is 7.10. The fraction of sp³-hybridized carbons (Fsp3) is 0.462. The number of aryl methyl sites for hydroxylation is 2. The average molecular weight is 245 g/mol. The molecule has 1 fully saturated rings. The molecule has 4 rings (SSSR count). The summed E-state index contributed by atoms with van der Waals surface area (Å²) in [6.07, 6.45) is 4.93. The molecule has 0 aromatic carbocycles. The molecule has 17 heavy (non-hydrogen) atoms. The topological polar surface area (TPSA) is 40.7 Å². The van der Waals surface area contributed by atoms with Crippen molar-refractivity contribution < 1.29 is 0 Å². The lowest BCUT2D eigenvalue weighted by atomic mass is 10.0. The van der Waals surface area contributed by atoms with E-state index < -0.39 is 0 Å². The van der Waals surface area contributed by atoms with Crippen molar-refractivity contribution in [3.8, 4) is 11.3 Å². The summed E-state index contributed by atoms with van der Waals surface area (Å²) in [4.78, 5) is 9.72. The molecule has 4 heteroatoms. The van der Waals surface area contributed by atoms with Crippen LogP contribution in [0.25, 0.3) is 11.3 Å². The number of H-pyrrole nitrogens is 1. The first-order valence-corrected chi connectivity index (χ1v) is 7.16. The van der Waals surface area contributed by atoms with Crippen LogP contribution in [0.5, 0.6) is 0 Å². The zero-order chi connectivity index (χ0) is 11.2. The molecule has 2 aromatic rings. The number of thiophene rings is 1. The SMILES string of the molecule is c1cc2c(s1)CCc1[nH]c(CNC3CC3)nc1-2. The molecule has 88 valence electrons. The molecular formula is C13H15N3S. The van der Waals surface area contributed by atoms with Gasteiger partial charge in [0.2, 0.25) is 0 Å². The highest BCUT2D eigenvalue weighted by Crippen LogP contribution is 2.35. The van der Waals surface area contributed by atoms with E-state index in [9.17, 15) is 0 Å². The van der Waals surface area contributed by atoms with Gasteiger partial charge in [0, 0.05) is 22.2 Å². The second kappa shape index (κ2) is 3.68. The van der Waals surface area contributed by atoms with Gasteiger partial charge in [0.15, 0.2) is 0 Å². The molecule has 0 bridgehead atoms. The summed E-state index contributed by atoms with van der Waals surface area (Å²) in [6, 6.07) is 2.95. The predicted molar refractivity (Wildman–Crippen MR) is 69.2 cm³/mol. The molecule has 0 saturated heterocycles. The monoisotopic (exact) mass is 245 g/mol. The summed E-state index contributed by atoms with van der Waals surface area (Å²) < 4.78 is 0. The number of fused-ring (bicyclic) bond motifs is 3. The lowest BCUT2D eigenvalue weighted by molar-refractivity contribution is 0.662. The second-order valence-electron chi connectivity index (χ2n) is 4.92. The van der Waals surface area contributed by atoms with E-state index in [1.807, 2.05) is 11.3 Å². The first kappa shape index (κ1) is 9.85. The van der Waals surface area contributed by atoms with E-state index in [-0.39, 0.29) is 0 Å². The summed E-state index contributed by atoms with van der Waals surface area (Å²) in [7, 11) is 0. The number of hydrogen-bond acceptors (Lipinski definition) is 3. The largest absolute Gasteiger partial charge is 0.344 e. The van der Waals surface area contributed by atoms with Gasteiger partial charge in [0.25, 0.3) is 0 Å². The first-order chi connectivity index (χ1) is 8.40. The molecule has 2 aliphatic carbocycles. The Hall–Kier alpha value is -1.13. The number of aromatic amines is 1. The maximum Gasteiger partial charge on any atom is 0.121 e. The van der Waals surface area contributed by atoms with Crippen LogP contribution in [0.2, 0.25) is 0 Å². The van der Waals surface area contributed by atoms with Gasteiger partial charge in [-0.25, -0.2) is 4.98 Å². The minimum Gasteiger partial charge on any atom is -0.344 e. The Bertz CT molecular complexity index is 551. The number of aromatic nitrogens is 2. The van der Waals surface area contributed by atoms with Crippen molar-refractivity contribution in [3.05, 3.63) is 27.8 Å². The Morgan fingerprint density at radius 3 is 3.24 bits per heavy atom. The molecule has 1 saturated carbocycles. The van der Waals surface area contributed by atoms with Crippen LogP contribution in [-0.4, -0.2) is 16.0 Å². The quantitative estimate of drug-likeness (QED) is 0.872. The number of hydrogen-bond donors (Lipinski definition) is 2. The average Bonchev–Trinajstić information content (AvgIpc) is 2.90. The van der Waals surface area contributed by atoms with Gasteiger partial charge < -0.3 is 10.3 Å². The van der Waals surface area contributed by atoms with Crippen LogP contribution in [0.15, 0.2) is 11.4 Å². The molecular weight excluding hydrogens is 230 g/mol. The fourth-order valence-corrected chi connectivity index (χ4v) is 3.34. The third kappa shape index (κ3) is 1.72. The molecule has 2 aromatic heterocycles. The third-order valence-electron chi connectivity index (χ3n) is 3.57. The fourth-order valence-electron chi connectivity index (χ4n) is 2.46. The summed E-state index contributed by atoms with van der Waals surface area (Å²) in [6.45, 7) is 0.886. The van der Waals surface area contributed by atoms with Gasteiger partial charge in [-0.15, -0.1) is 11.3 Å². The Labute approximate surface area is 104 Å². The van der Waals surface area contributed by atoms with Gasteiger partial charge in [0.05, 0.1) is 12.2 Å². The van der Waals surface area contributed by atoms with E-state index in [1.165, 1.54) is 34.7 Å². The highest BCUT2D eigenvalue weighted by atomic mass is 32.1. The minimum absolute atomic E-state index is 0.744. The van der Waals surface area contributed by atoms with Crippen molar-refractivity contribution in [3.63, 3.8) is 0 Å². The van der Waals surface area contributed by atoms with Crippen LogP contribution in [0, 0.1) is 0 Å². The van der Waals surface area contributed by atoms with Crippen molar-refractivity contribution in [1.29, 1.82) is 0 Å². The predicted octanol–water partition coefficient (Wildman–Crippen LogP) is 2.49. The Balaban J connectivity index is 1.64. The van der Waals surface area contributed by atoms with Crippen LogP contribution in [0.3, 0.4) is 0 Å². The summed E-state index contributed by atoms with van der Waals surface area (Å²) in [5.41, 5.74) is 3.87.